The van der Waals surface area contributed by atoms with Crippen molar-refractivity contribution in [1.82, 2.24) is 4.90 Å². The van der Waals surface area contributed by atoms with E-state index in [4.69, 9.17) is 5.73 Å². The van der Waals surface area contributed by atoms with Crippen molar-refractivity contribution in [1.29, 1.82) is 0 Å². The second-order valence-corrected chi connectivity index (χ2v) is 6.74. The number of likely N-dealkylation sites (tertiary alicyclic amines) is 1. The molecular weight excluding hydrogens is 320 g/mol. The molecule has 1 saturated heterocycles. The third kappa shape index (κ3) is 4.08. The summed E-state index contributed by atoms with van der Waals surface area (Å²) in [5, 5.41) is 0. The Morgan fingerprint density at radius 2 is 1.88 bits per heavy atom. The van der Waals surface area contributed by atoms with Gasteiger partial charge in [-0.05, 0) is 50.4 Å². The van der Waals surface area contributed by atoms with Gasteiger partial charge in [0.25, 0.3) is 0 Å². The molecular formula is C20H27ClN2O. The zero-order chi connectivity index (χ0) is 16.1. The minimum absolute atomic E-state index is 0. The lowest BCUT2D eigenvalue weighted by Crippen LogP contribution is -2.39. The molecule has 1 amide bonds. The van der Waals surface area contributed by atoms with Crippen LogP contribution in [0.25, 0.3) is 0 Å². The smallest absolute Gasteiger partial charge is 0.218 e. The van der Waals surface area contributed by atoms with Crippen molar-refractivity contribution >= 4 is 18.3 Å². The molecule has 2 aliphatic rings. The molecule has 0 radical (unpaired) electrons. The normalized spacial score (nSPS) is 26.2. The summed E-state index contributed by atoms with van der Waals surface area (Å²) in [4.78, 5) is 14.3. The van der Waals surface area contributed by atoms with Gasteiger partial charge in [-0.1, -0.05) is 54.6 Å². The van der Waals surface area contributed by atoms with Crippen molar-refractivity contribution in [3.63, 3.8) is 0 Å². The highest BCUT2D eigenvalue weighted by molar-refractivity contribution is 5.85. The average molecular weight is 347 g/mol. The Labute approximate surface area is 151 Å². The molecule has 2 atom stereocenters. The zero-order valence-electron chi connectivity index (χ0n) is 14.1. The summed E-state index contributed by atoms with van der Waals surface area (Å²) in [6.07, 6.45) is 12.6. The minimum Gasteiger partial charge on any atom is -0.370 e. The van der Waals surface area contributed by atoms with E-state index >= 15 is 0 Å². The first kappa shape index (κ1) is 18.8. The van der Waals surface area contributed by atoms with E-state index in [0.717, 1.165) is 13.0 Å². The molecule has 130 valence electrons. The second kappa shape index (κ2) is 8.50. The highest BCUT2D eigenvalue weighted by atomic mass is 35.5. The fourth-order valence-electron chi connectivity index (χ4n) is 4.04. The van der Waals surface area contributed by atoms with E-state index in [9.17, 15) is 4.79 Å². The van der Waals surface area contributed by atoms with E-state index < -0.39 is 0 Å². The Kier molecular flexibility index (Phi) is 6.64. The fourth-order valence-corrected chi connectivity index (χ4v) is 4.04. The van der Waals surface area contributed by atoms with Crippen LogP contribution in [0, 0.1) is 5.92 Å². The van der Waals surface area contributed by atoms with Crippen LogP contribution in [0.5, 0.6) is 0 Å². The SMILES string of the molecule is Cl.NC(=O)C[C@]1(c2ccccc2)C=CC=CC1CCN1CCCC1. The maximum atomic E-state index is 11.8. The Morgan fingerprint density at radius 1 is 1.17 bits per heavy atom. The minimum atomic E-state index is -0.304. The summed E-state index contributed by atoms with van der Waals surface area (Å²) in [5.74, 6) is 0.0722. The molecule has 3 rings (SSSR count). The molecule has 4 heteroatoms. The van der Waals surface area contributed by atoms with Crippen molar-refractivity contribution in [2.75, 3.05) is 19.6 Å². The lowest BCUT2D eigenvalue weighted by Gasteiger charge is -2.39. The molecule has 3 nitrogen and oxygen atoms in total. The summed E-state index contributed by atoms with van der Waals surface area (Å²) in [6.45, 7) is 3.51. The number of carbonyl (C=O) groups is 1. The summed E-state index contributed by atoms with van der Waals surface area (Å²) < 4.78 is 0. The number of hydrogen-bond acceptors (Lipinski definition) is 2. The average Bonchev–Trinajstić information content (AvgIpc) is 3.08. The first-order valence-electron chi connectivity index (χ1n) is 8.63. The Bertz CT molecular complexity index is 593. The quantitative estimate of drug-likeness (QED) is 0.857. The van der Waals surface area contributed by atoms with Gasteiger partial charge in [-0.2, -0.15) is 0 Å². The van der Waals surface area contributed by atoms with Gasteiger partial charge in [-0.15, -0.1) is 12.4 Å². The van der Waals surface area contributed by atoms with Crippen LogP contribution in [0.4, 0.5) is 0 Å². The maximum Gasteiger partial charge on any atom is 0.218 e. The molecule has 24 heavy (non-hydrogen) atoms. The van der Waals surface area contributed by atoms with E-state index in [2.05, 4.69) is 41.3 Å². The number of nitrogens with zero attached hydrogens (tertiary/aromatic N) is 1. The Hall–Kier alpha value is -1.58. The predicted molar refractivity (Wildman–Crippen MR) is 101 cm³/mol. The summed E-state index contributed by atoms with van der Waals surface area (Å²) in [7, 11) is 0. The number of primary amides is 1. The summed E-state index contributed by atoms with van der Waals surface area (Å²) in [6, 6.07) is 10.3. The summed E-state index contributed by atoms with van der Waals surface area (Å²) in [5.41, 5.74) is 6.50. The number of allylic oxidation sites excluding steroid dienone is 4. The highest BCUT2D eigenvalue weighted by Gasteiger charge is 2.39. The number of nitrogens with two attached hydrogens (primary N) is 1. The molecule has 1 aliphatic carbocycles. The van der Waals surface area contributed by atoms with Crippen molar-refractivity contribution < 1.29 is 4.79 Å². The van der Waals surface area contributed by atoms with Gasteiger partial charge in [0.15, 0.2) is 0 Å². The van der Waals surface area contributed by atoms with Crippen LogP contribution < -0.4 is 5.73 Å². The van der Waals surface area contributed by atoms with Crippen LogP contribution >= 0.6 is 12.4 Å². The van der Waals surface area contributed by atoms with Crippen molar-refractivity contribution in [3.8, 4) is 0 Å². The molecule has 1 unspecified atom stereocenters. The molecule has 0 saturated carbocycles. The molecule has 1 aromatic carbocycles. The second-order valence-electron chi connectivity index (χ2n) is 6.74. The molecule has 2 N–H and O–H groups in total. The third-order valence-corrected chi connectivity index (χ3v) is 5.24. The molecule has 0 bridgehead atoms. The number of hydrogen-bond donors (Lipinski definition) is 1. The molecule has 1 fully saturated rings. The fraction of sp³-hybridized carbons (Fsp3) is 0.450. The van der Waals surface area contributed by atoms with Crippen LogP contribution in [0.3, 0.4) is 0 Å². The first-order chi connectivity index (χ1) is 11.2. The van der Waals surface area contributed by atoms with Crippen molar-refractivity contribution in [2.45, 2.75) is 31.1 Å². The van der Waals surface area contributed by atoms with E-state index in [1.54, 1.807) is 0 Å². The Morgan fingerprint density at radius 3 is 2.54 bits per heavy atom. The van der Waals surface area contributed by atoms with Crippen LogP contribution in [0.1, 0.15) is 31.2 Å². The number of amides is 1. The lowest BCUT2D eigenvalue weighted by molar-refractivity contribution is -0.119. The molecule has 0 spiro atoms. The largest absolute Gasteiger partial charge is 0.370 e. The van der Waals surface area contributed by atoms with Gasteiger partial charge in [0.1, 0.15) is 0 Å². The van der Waals surface area contributed by atoms with Crippen LogP contribution in [-0.2, 0) is 10.2 Å². The van der Waals surface area contributed by atoms with E-state index in [1.807, 2.05) is 18.2 Å². The van der Waals surface area contributed by atoms with Gasteiger partial charge in [0.05, 0.1) is 0 Å². The molecule has 1 aromatic rings. The van der Waals surface area contributed by atoms with E-state index in [-0.39, 0.29) is 23.7 Å². The highest BCUT2D eigenvalue weighted by Crippen LogP contribution is 2.42. The summed E-state index contributed by atoms with van der Waals surface area (Å²) >= 11 is 0. The standard InChI is InChI=1S/C20H26N2O.ClH/c21-19(23)16-20(17-8-2-1-3-9-17)12-5-4-10-18(20)11-15-22-13-6-7-14-22;/h1-5,8-10,12,18H,6-7,11,13-16H2,(H2,21,23);1H/t18?,20-;/m0./s1. The van der Waals surface area contributed by atoms with E-state index in [0.29, 0.717) is 12.3 Å². The zero-order valence-corrected chi connectivity index (χ0v) is 14.9. The Balaban J connectivity index is 0.00000208. The van der Waals surface area contributed by atoms with Crippen molar-refractivity contribution in [2.24, 2.45) is 11.7 Å². The van der Waals surface area contributed by atoms with E-state index in [1.165, 1.54) is 31.5 Å². The molecule has 1 aliphatic heterocycles. The lowest BCUT2D eigenvalue weighted by atomic mass is 9.65. The van der Waals surface area contributed by atoms with Gasteiger partial charge in [-0.25, -0.2) is 0 Å². The van der Waals surface area contributed by atoms with Gasteiger partial charge >= 0.3 is 0 Å². The van der Waals surface area contributed by atoms with Crippen LogP contribution in [-0.4, -0.2) is 30.4 Å². The number of halogens is 1. The van der Waals surface area contributed by atoms with Crippen LogP contribution in [0.2, 0.25) is 0 Å². The van der Waals surface area contributed by atoms with Gasteiger partial charge in [0, 0.05) is 11.8 Å². The van der Waals surface area contributed by atoms with Gasteiger partial charge in [-0.3, -0.25) is 4.79 Å². The third-order valence-electron chi connectivity index (χ3n) is 5.24. The number of rotatable bonds is 6. The predicted octanol–water partition coefficient (Wildman–Crippen LogP) is 3.45. The molecule has 0 aromatic heterocycles. The topological polar surface area (TPSA) is 46.3 Å². The van der Waals surface area contributed by atoms with Crippen LogP contribution in [0.15, 0.2) is 54.6 Å². The number of carbonyl (C=O) groups excluding carboxylic acids is 1. The maximum absolute atomic E-state index is 11.8. The first-order valence-corrected chi connectivity index (χ1v) is 8.63. The van der Waals surface area contributed by atoms with Gasteiger partial charge in [0.2, 0.25) is 5.91 Å². The van der Waals surface area contributed by atoms with Gasteiger partial charge < -0.3 is 10.6 Å². The molecule has 1 heterocycles. The number of benzene rings is 1. The monoisotopic (exact) mass is 346 g/mol. The van der Waals surface area contributed by atoms with Crippen molar-refractivity contribution in [3.05, 3.63) is 60.2 Å².